The maximum atomic E-state index is 12.1. The highest BCUT2D eigenvalue weighted by atomic mass is 16.5. The quantitative estimate of drug-likeness (QED) is 0.108. The molecule has 0 amide bonds. The zero-order chi connectivity index (χ0) is 32.4. The van der Waals surface area contributed by atoms with E-state index in [1.807, 2.05) is 26.0 Å². The van der Waals surface area contributed by atoms with Crippen LogP contribution in [0.5, 0.6) is 11.5 Å². The highest BCUT2D eigenvalue weighted by molar-refractivity contribution is 5.89. The van der Waals surface area contributed by atoms with Gasteiger partial charge in [0.1, 0.15) is 11.5 Å². The molecule has 4 nitrogen and oxygen atoms in total. The van der Waals surface area contributed by atoms with Crippen molar-refractivity contribution in [1.82, 2.24) is 0 Å². The molecule has 0 radical (unpaired) electrons. The number of hydrogen-bond donors (Lipinski definition) is 0. The average molecular weight is 633 g/mol. The number of benzene rings is 2. The molecule has 1 atom stereocenters. The number of esters is 1. The predicted molar refractivity (Wildman–Crippen MR) is 191 cm³/mol. The van der Waals surface area contributed by atoms with Crippen LogP contribution in [0.2, 0.25) is 0 Å². The van der Waals surface area contributed by atoms with Crippen LogP contribution in [0.1, 0.15) is 165 Å². The van der Waals surface area contributed by atoms with Gasteiger partial charge in [-0.2, -0.15) is 0 Å². The van der Waals surface area contributed by atoms with Crippen molar-refractivity contribution in [2.24, 2.45) is 17.8 Å². The van der Waals surface area contributed by atoms with E-state index in [9.17, 15) is 4.79 Å². The van der Waals surface area contributed by atoms with Crippen molar-refractivity contribution >= 4 is 5.97 Å². The Morgan fingerprint density at radius 1 is 0.652 bits per heavy atom. The van der Waals surface area contributed by atoms with Crippen LogP contribution in [0.25, 0.3) is 0 Å². The Labute approximate surface area is 281 Å². The maximum Gasteiger partial charge on any atom is 0.338 e. The first-order chi connectivity index (χ1) is 22.6. The zero-order valence-corrected chi connectivity index (χ0v) is 29.5. The normalized spacial score (nSPS) is 22.2. The molecule has 1 unspecified atom stereocenters. The molecule has 2 aliphatic carbocycles. The summed E-state index contributed by atoms with van der Waals surface area (Å²) in [6, 6.07) is 16.1. The first kappa shape index (κ1) is 36.3. The third-order valence-electron chi connectivity index (χ3n) is 10.9. The second kappa shape index (κ2) is 20.7. The molecule has 2 aromatic rings. The third-order valence-corrected chi connectivity index (χ3v) is 10.9. The van der Waals surface area contributed by atoms with E-state index < -0.39 is 0 Å². The van der Waals surface area contributed by atoms with E-state index in [0.717, 1.165) is 54.4 Å². The fourth-order valence-corrected chi connectivity index (χ4v) is 7.70. The molecule has 0 heterocycles. The molecule has 0 N–H and O–H groups in total. The first-order valence-electron chi connectivity index (χ1n) is 19.2. The summed E-state index contributed by atoms with van der Waals surface area (Å²) in [5, 5.41) is 0. The van der Waals surface area contributed by atoms with Gasteiger partial charge in [-0.25, -0.2) is 4.79 Å². The van der Waals surface area contributed by atoms with E-state index >= 15 is 0 Å². The van der Waals surface area contributed by atoms with Crippen LogP contribution in [0, 0.1) is 17.8 Å². The van der Waals surface area contributed by atoms with Crippen molar-refractivity contribution in [2.45, 2.75) is 155 Å². The Morgan fingerprint density at radius 3 is 1.74 bits per heavy atom. The van der Waals surface area contributed by atoms with Crippen molar-refractivity contribution in [3.63, 3.8) is 0 Å². The molecular formula is C42H64O4. The lowest BCUT2D eigenvalue weighted by Gasteiger charge is -2.38. The molecule has 0 saturated heterocycles. The Kier molecular flexibility index (Phi) is 16.3. The van der Waals surface area contributed by atoms with Gasteiger partial charge in [-0.15, -0.1) is 0 Å². The first-order valence-corrected chi connectivity index (χ1v) is 19.2. The van der Waals surface area contributed by atoms with Crippen molar-refractivity contribution in [3.8, 4) is 11.5 Å². The van der Waals surface area contributed by atoms with Crippen molar-refractivity contribution in [2.75, 3.05) is 13.2 Å². The molecule has 0 bridgehead atoms. The SMILES string of the molecule is CCCCCCCCCC1CCC(C2CCC(c3ccc(OCCCCOc4ccc(C(=O)OC(C)CC)cc4)cc3)CC2)CC1. The second-order valence-electron chi connectivity index (χ2n) is 14.4. The lowest BCUT2D eigenvalue weighted by molar-refractivity contribution is 0.0334. The maximum absolute atomic E-state index is 12.1. The highest BCUT2D eigenvalue weighted by Crippen LogP contribution is 2.44. The Hall–Kier alpha value is -2.49. The van der Waals surface area contributed by atoms with Gasteiger partial charge in [0.2, 0.25) is 0 Å². The fraction of sp³-hybridized carbons (Fsp3) is 0.690. The van der Waals surface area contributed by atoms with Gasteiger partial charge in [-0.3, -0.25) is 0 Å². The average Bonchev–Trinajstić information content (AvgIpc) is 3.10. The van der Waals surface area contributed by atoms with Gasteiger partial charge in [0.25, 0.3) is 0 Å². The minimum absolute atomic E-state index is 0.0720. The smallest absolute Gasteiger partial charge is 0.338 e. The van der Waals surface area contributed by atoms with Crippen LogP contribution in [0.4, 0.5) is 0 Å². The number of unbranched alkanes of at least 4 members (excludes halogenated alkanes) is 7. The lowest BCUT2D eigenvalue weighted by atomic mass is 9.68. The molecule has 4 rings (SSSR count). The van der Waals surface area contributed by atoms with Crippen LogP contribution >= 0.6 is 0 Å². The van der Waals surface area contributed by atoms with Crippen LogP contribution in [-0.2, 0) is 4.74 Å². The van der Waals surface area contributed by atoms with Gasteiger partial charge in [0.05, 0.1) is 24.9 Å². The standard InChI is InChI=1S/C42H64O4/c1-4-6-7-8-9-10-11-14-34-15-17-35(18-16-34)36-19-21-37(22-20-36)38-23-27-40(28-24-38)44-31-12-13-32-45-41-29-25-39(26-30-41)42(43)46-33(3)5-2/h23-30,33-37H,4-22,31-32H2,1-3H3. The molecule has 0 aliphatic heterocycles. The molecule has 46 heavy (non-hydrogen) atoms. The number of carbonyl (C=O) groups excluding carboxylic acids is 1. The van der Waals surface area contributed by atoms with Crippen molar-refractivity contribution < 1.29 is 19.0 Å². The molecule has 2 fully saturated rings. The van der Waals surface area contributed by atoms with Crippen LogP contribution in [0.3, 0.4) is 0 Å². The molecule has 2 aromatic carbocycles. The number of hydrogen-bond acceptors (Lipinski definition) is 4. The monoisotopic (exact) mass is 632 g/mol. The van der Waals surface area contributed by atoms with Gasteiger partial charge in [-0.1, -0.05) is 90.2 Å². The van der Waals surface area contributed by atoms with E-state index in [1.165, 1.54) is 108 Å². The van der Waals surface area contributed by atoms with Gasteiger partial charge < -0.3 is 14.2 Å². The summed E-state index contributed by atoms with van der Waals surface area (Å²) in [6.45, 7) is 7.53. The van der Waals surface area contributed by atoms with Gasteiger partial charge in [-0.05, 0) is 130 Å². The highest BCUT2D eigenvalue weighted by Gasteiger charge is 2.31. The number of rotatable bonds is 20. The third kappa shape index (κ3) is 12.6. The molecule has 0 aromatic heterocycles. The summed E-state index contributed by atoms with van der Waals surface area (Å²) < 4.78 is 17.3. The number of carbonyl (C=O) groups is 1. The van der Waals surface area contributed by atoms with Crippen LogP contribution < -0.4 is 9.47 Å². The molecule has 2 saturated carbocycles. The second-order valence-corrected chi connectivity index (χ2v) is 14.4. The Balaban J connectivity index is 1.03. The largest absolute Gasteiger partial charge is 0.494 e. The number of ether oxygens (including phenoxy) is 3. The molecule has 2 aliphatic rings. The van der Waals surface area contributed by atoms with E-state index in [-0.39, 0.29) is 12.1 Å². The van der Waals surface area contributed by atoms with Gasteiger partial charge in [0, 0.05) is 0 Å². The summed E-state index contributed by atoms with van der Waals surface area (Å²) in [5.74, 6) is 5.16. The minimum atomic E-state index is -0.282. The van der Waals surface area contributed by atoms with E-state index in [0.29, 0.717) is 18.8 Å². The molecule has 0 spiro atoms. The Morgan fingerprint density at radius 2 is 1.17 bits per heavy atom. The lowest BCUT2D eigenvalue weighted by Crippen LogP contribution is -2.25. The van der Waals surface area contributed by atoms with Crippen LogP contribution in [0.15, 0.2) is 48.5 Å². The van der Waals surface area contributed by atoms with Crippen molar-refractivity contribution in [1.29, 1.82) is 0 Å². The van der Waals surface area contributed by atoms with Gasteiger partial charge >= 0.3 is 5.97 Å². The zero-order valence-electron chi connectivity index (χ0n) is 29.5. The summed E-state index contributed by atoms with van der Waals surface area (Å²) in [5.41, 5.74) is 2.05. The van der Waals surface area contributed by atoms with E-state index in [1.54, 1.807) is 12.1 Å². The van der Waals surface area contributed by atoms with E-state index in [2.05, 4.69) is 31.2 Å². The topological polar surface area (TPSA) is 44.8 Å². The minimum Gasteiger partial charge on any atom is -0.494 e. The summed E-state index contributed by atoms with van der Waals surface area (Å²) in [6.07, 6.45) is 25.7. The summed E-state index contributed by atoms with van der Waals surface area (Å²) >= 11 is 0. The Bertz CT molecular complexity index is 1080. The van der Waals surface area contributed by atoms with E-state index in [4.69, 9.17) is 14.2 Å². The summed E-state index contributed by atoms with van der Waals surface area (Å²) in [7, 11) is 0. The van der Waals surface area contributed by atoms with Gasteiger partial charge in [0.15, 0.2) is 0 Å². The predicted octanol–water partition coefficient (Wildman–Crippen LogP) is 12.1. The van der Waals surface area contributed by atoms with Crippen LogP contribution in [-0.4, -0.2) is 25.3 Å². The molecule has 4 heteroatoms. The van der Waals surface area contributed by atoms with Crippen molar-refractivity contribution in [3.05, 3.63) is 59.7 Å². The summed E-state index contributed by atoms with van der Waals surface area (Å²) in [4.78, 5) is 12.1. The molecular weight excluding hydrogens is 568 g/mol. The fourth-order valence-electron chi connectivity index (χ4n) is 7.70. The molecule has 256 valence electrons.